The van der Waals surface area contributed by atoms with Crippen molar-refractivity contribution < 1.29 is 13.5 Å². The van der Waals surface area contributed by atoms with Crippen molar-refractivity contribution in [2.45, 2.75) is 31.3 Å². The van der Waals surface area contributed by atoms with Gasteiger partial charge in [-0.25, -0.2) is 12.7 Å². The minimum Gasteiger partial charge on any atom is -0.398 e. The lowest BCUT2D eigenvalue weighted by Gasteiger charge is -2.20. The van der Waals surface area contributed by atoms with Gasteiger partial charge in [-0.3, -0.25) is 0 Å². The molecule has 0 aliphatic rings. The average Bonchev–Trinajstić information content (AvgIpc) is 2.30. The molecule has 1 rings (SSSR count). The predicted octanol–water partition coefficient (Wildman–Crippen LogP) is 1.62. The quantitative estimate of drug-likeness (QED) is 0.810. The first-order valence-corrected chi connectivity index (χ1v) is 7.68. The summed E-state index contributed by atoms with van der Waals surface area (Å²) in [5.74, 6) is 0. The number of nitrogen functional groups attached to an aromatic ring is 1. The summed E-state index contributed by atoms with van der Waals surface area (Å²) in [7, 11) is -2.19. The van der Waals surface area contributed by atoms with Crippen molar-refractivity contribution in [3.05, 3.63) is 22.7 Å². The Morgan fingerprint density at radius 2 is 2.05 bits per heavy atom. The SMILES string of the molecule is Cc1c(N)cc(Cl)cc1S(=O)(=O)N(C)CCC(C)O. The largest absolute Gasteiger partial charge is 0.398 e. The molecule has 1 aromatic rings. The molecule has 0 saturated carbocycles. The van der Waals surface area contributed by atoms with Gasteiger partial charge in [0, 0.05) is 24.3 Å². The summed E-state index contributed by atoms with van der Waals surface area (Å²) in [5.41, 5.74) is 6.56. The van der Waals surface area contributed by atoms with Crippen molar-refractivity contribution in [1.82, 2.24) is 4.31 Å². The second kappa shape index (κ2) is 6.09. The van der Waals surface area contributed by atoms with E-state index in [-0.39, 0.29) is 16.5 Å². The summed E-state index contributed by atoms with van der Waals surface area (Å²) in [5, 5.41) is 9.50. The van der Waals surface area contributed by atoms with Crippen molar-refractivity contribution >= 4 is 27.3 Å². The molecule has 7 heteroatoms. The molecular formula is C12H19ClN2O3S. The van der Waals surface area contributed by atoms with Crippen LogP contribution in [-0.4, -0.2) is 37.5 Å². The van der Waals surface area contributed by atoms with E-state index in [0.29, 0.717) is 17.7 Å². The lowest BCUT2D eigenvalue weighted by molar-refractivity contribution is 0.177. The zero-order valence-electron chi connectivity index (χ0n) is 11.2. The summed E-state index contributed by atoms with van der Waals surface area (Å²) in [6.07, 6.45) is -0.187. The number of nitrogens with two attached hydrogens (primary N) is 1. The van der Waals surface area contributed by atoms with Gasteiger partial charge < -0.3 is 10.8 Å². The molecule has 3 N–H and O–H groups in total. The topological polar surface area (TPSA) is 83.6 Å². The fourth-order valence-corrected chi connectivity index (χ4v) is 3.35. The molecule has 19 heavy (non-hydrogen) atoms. The van der Waals surface area contributed by atoms with Gasteiger partial charge in [0.15, 0.2) is 0 Å². The number of anilines is 1. The fourth-order valence-electron chi connectivity index (χ4n) is 1.60. The van der Waals surface area contributed by atoms with Crippen molar-refractivity contribution in [2.24, 2.45) is 0 Å². The van der Waals surface area contributed by atoms with E-state index < -0.39 is 16.1 Å². The molecule has 1 unspecified atom stereocenters. The molecule has 0 aliphatic carbocycles. The highest BCUT2D eigenvalue weighted by Crippen LogP contribution is 2.27. The summed E-state index contributed by atoms with van der Waals surface area (Å²) in [4.78, 5) is 0.102. The maximum Gasteiger partial charge on any atom is 0.243 e. The Labute approximate surface area is 119 Å². The summed E-state index contributed by atoms with van der Waals surface area (Å²) in [6.45, 7) is 3.48. The number of sulfonamides is 1. The number of nitrogens with zero attached hydrogens (tertiary/aromatic N) is 1. The summed E-state index contributed by atoms with van der Waals surface area (Å²) < 4.78 is 26.0. The number of aliphatic hydroxyl groups is 1. The Hall–Kier alpha value is -0.820. The molecule has 0 aliphatic heterocycles. The Morgan fingerprint density at radius 1 is 1.47 bits per heavy atom. The van der Waals surface area contributed by atoms with Gasteiger partial charge in [-0.2, -0.15) is 0 Å². The van der Waals surface area contributed by atoms with Crippen LogP contribution >= 0.6 is 11.6 Å². The van der Waals surface area contributed by atoms with Crippen molar-refractivity contribution in [2.75, 3.05) is 19.3 Å². The molecule has 0 saturated heterocycles. The fraction of sp³-hybridized carbons (Fsp3) is 0.500. The molecule has 0 aromatic heterocycles. The second-order valence-electron chi connectivity index (χ2n) is 4.58. The van der Waals surface area contributed by atoms with Crippen LogP contribution in [0.1, 0.15) is 18.9 Å². The molecule has 0 spiro atoms. The van der Waals surface area contributed by atoms with Gasteiger partial charge in [0.25, 0.3) is 0 Å². The van der Waals surface area contributed by atoms with E-state index in [4.69, 9.17) is 17.3 Å². The lowest BCUT2D eigenvalue weighted by atomic mass is 10.2. The number of hydrogen-bond donors (Lipinski definition) is 2. The van der Waals surface area contributed by atoms with E-state index in [1.54, 1.807) is 13.8 Å². The minimum atomic E-state index is -3.65. The van der Waals surface area contributed by atoms with Crippen molar-refractivity contribution in [3.8, 4) is 0 Å². The Balaban J connectivity index is 3.13. The van der Waals surface area contributed by atoms with Crippen LogP contribution in [0.15, 0.2) is 17.0 Å². The highest BCUT2D eigenvalue weighted by molar-refractivity contribution is 7.89. The first kappa shape index (κ1) is 16.2. The molecule has 0 fully saturated rings. The summed E-state index contributed by atoms with van der Waals surface area (Å²) >= 11 is 5.86. The van der Waals surface area contributed by atoms with Gasteiger partial charge in [-0.05, 0) is 38.0 Å². The van der Waals surface area contributed by atoms with E-state index in [1.165, 1.54) is 23.5 Å². The number of halogens is 1. The van der Waals surface area contributed by atoms with Crippen LogP contribution < -0.4 is 5.73 Å². The molecule has 0 radical (unpaired) electrons. The monoisotopic (exact) mass is 306 g/mol. The van der Waals surface area contributed by atoms with Crippen LogP contribution in [0.5, 0.6) is 0 Å². The Bertz CT molecular complexity index is 558. The van der Waals surface area contributed by atoms with Gasteiger partial charge in [0.1, 0.15) is 0 Å². The average molecular weight is 307 g/mol. The molecule has 0 bridgehead atoms. The van der Waals surface area contributed by atoms with Crippen molar-refractivity contribution in [3.63, 3.8) is 0 Å². The first-order chi connectivity index (χ1) is 8.66. The second-order valence-corrected chi connectivity index (χ2v) is 7.03. The zero-order chi connectivity index (χ0) is 14.8. The van der Waals surface area contributed by atoms with Crippen molar-refractivity contribution in [1.29, 1.82) is 0 Å². The molecule has 0 heterocycles. The van der Waals surface area contributed by atoms with Crippen LogP contribution in [0.25, 0.3) is 0 Å². The third-order valence-corrected chi connectivity index (χ3v) is 5.12. The van der Waals surface area contributed by atoms with Crippen LogP contribution in [0.4, 0.5) is 5.69 Å². The van der Waals surface area contributed by atoms with E-state index in [9.17, 15) is 13.5 Å². The van der Waals surface area contributed by atoms with Crippen LogP contribution in [0.3, 0.4) is 0 Å². The van der Waals surface area contributed by atoms with E-state index in [1.807, 2.05) is 0 Å². The smallest absolute Gasteiger partial charge is 0.243 e. The normalized spacial score (nSPS) is 13.8. The third-order valence-electron chi connectivity index (χ3n) is 2.91. The molecule has 0 amide bonds. The highest BCUT2D eigenvalue weighted by atomic mass is 35.5. The van der Waals surface area contributed by atoms with Gasteiger partial charge in [0.05, 0.1) is 11.0 Å². The molecule has 1 atom stereocenters. The standard InChI is InChI=1S/C12H19ClN2O3S/c1-8(16)4-5-15(3)19(17,18)12-7-10(13)6-11(14)9(12)2/h6-8,16H,4-5,14H2,1-3H3. The van der Waals surface area contributed by atoms with Crippen LogP contribution in [-0.2, 0) is 10.0 Å². The number of benzene rings is 1. The van der Waals surface area contributed by atoms with Crippen LogP contribution in [0, 0.1) is 6.92 Å². The number of rotatable bonds is 5. The molecule has 108 valence electrons. The van der Waals surface area contributed by atoms with Gasteiger partial charge in [-0.1, -0.05) is 11.6 Å². The number of hydrogen-bond acceptors (Lipinski definition) is 4. The van der Waals surface area contributed by atoms with Crippen LogP contribution in [0.2, 0.25) is 5.02 Å². The van der Waals surface area contributed by atoms with E-state index >= 15 is 0 Å². The first-order valence-electron chi connectivity index (χ1n) is 5.86. The Morgan fingerprint density at radius 3 is 2.58 bits per heavy atom. The van der Waals surface area contributed by atoms with Gasteiger partial charge in [0.2, 0.25) is 10.0 Å². The van der Waals surface area contributed by atoms with Gasteiger partial charge >= 0.3 is 0 Å². The molecule has 1 aromatic carbocycles. The molecular weight excluding hydrogens is 288 g/mol. The lowest BCUT2D eigenvalue weighted by Crippen LogP contribution is -2.30. The van der Waals surface area contributed by atoms with E-state index in [2.05, 4.69) is 0 Å². The maximum atomic E-state index is 12.4. The Kier molecular flexibility index (Phi) is 5.20. The summed E-state index contributed by atoms with van der Waals surface area (Å²) in [6, 6.07) is 2.91. The minimum absolute atomic E-state index is 0.102. The van der Waals surface area contributed by atoms with E-state index in [0.717, 1.165) is 0 Å². The number of aliphatic hydroxyl groups excluding tert-OH is 1. The maximum absolute atomic E-state index is 12.4. The zero-order valence-corrected chi connectivity index (χ0v) is 12.8. The third kappa shape index (κ3) is 3.82. The predicted molar refractivity (Wildman–Crippen MR) is 76.7 cm³/mol. The highest BCUT2D eigenvalue weighted by Gasteiger charge is 2.24. The van der Waals surface area contributed by atoms with Gasteiger partial charge in [-0.15, -0.1) is 0 Å². The molecule has 5 nitrogen and oxygen atoms in total.